The molecule has 134 valence electrons. The van der Waals surface area contributed by atoms with Crippen LogP contribution in [0, 0.1) is 0 Å². The molecule has 0 spiro atoms. The first-order valence-corrected chi connectivity index (χ1v) is 8.71. The molecule has 6 heteroatoms. The van der Waals surface area contributed by atoms with Crippen LogP contribution in [0.15, 0.2) is 71.3 Å². The van der Waals surface area contributed by atoms with Crippen LogP contribution in [0.5, 0.6) is 0 Å². The maximum atomic E-state index is 12.3. The number of nitrogens with one attached hydrogen (secondary N) is 1. The summed E-state index contributed by atoms with van der Waals surface area (Å²) in [7, 11) is 0. The molecule has 2 heterocycles. The summed E-state index contributed by atoms with van der Waals surface area (Å²) in [4.78, 5) is 16.6. The van der Waals surface area contributed by atoms with Crippen molar-refractivity contribution in [2.24, 2.45) is 0 Å². The lowest BCUT2D eigenvalue weighted by molar-refractivity contribution is -0.121. The molecule has 0 fully saturated rings. The van der Waals surface area contributed by atoms with Gasteiger partial charge in [0, 0.05) is 17.1 Å². The second kappa shape index (κ2) is 7.37. The van der Waals surface area contributed by atoms with Gasteiger partial charge < -0.3 is 9.73 Å². The summed E-state index contributed by atoms with van der Waals surface area (Å²) in [5.74, 6) is 0.512. The normalized spacial score (nSPS) is 12.0. The van der Waals surface area contributed by atoms with E-state index in [1.54, 1.807) is 6.20 Å². The SMILES string of the molecule is C[C@@H](NC(=O)Cc1nnc(-c2ccc3ncccc3c2)o1)c1ccccc1. The van der Waals surface area contributed by atoms with Crippen molar-refractivity contribution in [3.63, 3.8) is 0 Å². The van der Waals surface area contributed by atoms with E-state index >= 15 is 0 Å². The summed E-state index contributed by atoms with van der Waals surface area (Å²) >= 11 is 0. The van der Waals surface area contributed by atoms with E-state index in [-0.39, 0.29) is 24.3 Å². The summed E-state index contributed by atoms with van der Waals surface area (Å²) in [6, 6.07) is 19.3. The van der Waals surface area contributed by atoms with Crippen molar-refractivity contribution in [1.82, 2.24) is 20.5 Å². The average molecular weight is 358 g/mol. The quantitative estimate of drug-likeness (QED) is 0.588. The highest BCUT2D eigenvalue weighted by Crippen LogP contribution is 2.22. The van der Waals surface area contributed by atoms with Crippen molar-refractivity contribution in [2.45, 2.75) is 19.4 Å². The monoisotopic (exact) mass is 358 g/mol. The molecular weight excluding hydrogens is 340 g/mol. The number of carbonyl (C=O) groups is 1. The van der Waals surface area contributed by atoms with Gasteiger partial charge in [-0.1, -0.05) is 36.4 Å². The Balaban J connectivity index is 1.45. The molecule has 0 radical (unpaired) electrons. The standard InChI is InChI=1S/C21H18N4O2/c1-14(15-6-3-2-4-7-15)23-19(26)13-20-24-25-21(27-20)17-9-10-18-16(12-17)8-5-11-22-18/h2-12,14H,13H2,1H3,(H,23,26)/t14-/m1/s1. The summed E-state index contributed by atoms with van der Waals surface area (Å²) in [6.45, 7) is 1.94. The van der Waals surface area contributed by atoms with Gasteiger partial charge in [0.2, 0.25) is 17.7 Å². The number of nitrogens with zero attached hydrogens (tertiary/aromatic N) is 3. The largest absolute Gasteiger partial charge is 0.420 e. The molecule has 6 nitrogen and oxygen atoms in total. The van der Waals surface area contributed by atoms with E-state index in [9.17, 15) is 4.79 Å². The molecule has 1 amide bonds. The summed E-state index contributed by atoms with van der Waals surface area (Å²) < 4.78 is 5.67. The Kier molecular flexibility index (Phi) is 4.61. The number of benzene rings is 2. The molecule has 0 aliphatic rings. The first-order chi connectivity index (χ1) is 13.2. The van der Waals surface area contributed by atoms with Gasteiger partial charge in [0.1, 0.15) is 6.42 Å². The summed E-state index contributed by atoms with van der Waals surface area (Å²) in [6.07, 6.45) is 1.79. The Morgan fingerprint density at radius 2 is 1.93 bits per heavy atom. The highest BCUT2D eigenvalue weighted by atomic mass is 16.4. The third-order valence-corrected chi connectivity index (χ3v) is 4.31. The summed E-state index contributed by atoms with van der Waals surface area (Å²) in [5, 5.41) is 12.0. The van der Waals surface area contributed by atoms with Gasteiger partial charge >= 0.3 is 0 Å². The number of rotatable bonds is 5. The minimum atomic E-state index is -0.163. The molecular formula is C21H18N4O2. The number of pyridine rings is 1. The second-order valence-electron chi connectivity index (χ2n) is 6.29. The van der Waals surface area contributed by atoms with E-state index < -0.39 is 0 Å². The molecule has 4 aromatic rings. The molecule has 0 aliphatic carbocycles. The van der Waals surface area contributed by atoms with Crippen LogP contribution in [-0.4, -0.2) is 21.1 Å². The molecule has 1 atom stereocenters. The van der Waals surface area contributed by atoms with Crippen LogP contribution < -0.4 is 5.32 Å². The van der Waals surface area contributed by atoms with Crippen LogP contribution in [0.1, 0.15) is 24.4 Å². The topological polar surface area (TPSA) is 80.9 Å². The fraction of sp³-hybridized carbons (Fsp3) is 0.143. The van der Waals surface area contributed by atoms with Gasteiger partial charge in [-0.25, -0.2) is 0 Å². The number of hydrogen-bond donors (Lipinski definition) is 1. The highest BCUT2D eigenvalue weighted by molar-refractivity contribution is 5.83. The molecule has 4 rings (SSSR count). The molecule has 0 aliphatic heterocycles. The van der Waals surface area contributed by atoms with E-state index in [0.29, 0.717) is 5.89 Å². The van der Waals surface area contributed by atoms with Gasteiger partial charge in [-0.15, -0.1) is 10.2 Å². The maximum Gasteiger partial charge on any atom is 0.247 e. The van der Waals surface area contributed by atoms with Gasteiger partial charge in [0.25, 0.3) is 0 Å². The van der Waals surface area contributed by atoms with Crippen molar-refractivity contribution in [3.05, 3.63) is 78.3 Å². The zero-order valence-electron chi connectivity index (χ0n) is 14.8. The van der Waals surface area contributed by atoms with E-state index in [1.807, 2.05) is 67.6 Å². The van der Waals surface area contributed by atoms with E-state index in [1.165, 1.54) is 0 Å². The Labute approximate surface area is 156 Å². The molecule has 27 heavy (non-hydrogen) atoms. The van der Waals surface area contributed by atoms with E-state index in [4.69, 9.17) is 4.42 Å². The molecule has 2 aromatic carbocycles. The van der Waals surface area contributed by atoms with Gasteiger partial charge in [-0.05, 0) is 36.8 Å². The number of aromatic nitrogens is 3. The van der Waals surface area contributed by atoms with Gasteiger partial charge in [0.05, 0.1) is 11.6 Å². The van der Waals surface area contributed by atoms with Crippen molar-refractivity contribution < 1.29 is 9.21 Å². The van der Waals surface area contributed by atoms with E-state index in [0.717, 1.165) is 22.0 Å². The number of hydrogen-bond acceptors (Lipinski definition) is 5. The third-order valence-electron chi connectivity index (χ3n) is 4.31. The van der Waals surface area contributed by atoms with Crippen molar-refractivity contribution >= 4 is 16.8 Å². The smallest absolute Gasteiger partial charge is 0.247 e. The Bertz CT molecular complexity index is 1080. The molecule has 1 N–H and O–H groups in total. The number of fused-ring (bicyclic) bond motifs is 1. The van der Waals surface area contributed by atoms with Gasteiger partial charge in [-0.3, -0.25) is 9.78 Å². The van der Waals surface area contributed by atoms with Crippen LogP contribution in [0.25, 0.3) is 22.4 Å². The fourth-order valence-electron chi connectivity index (χ4n) is 2.91. The second-order valence-corrected chi connectivity index (χ2v) is 6.29. The lowest BCUT2D eigenvalue weighted by Gasteiger charge is -2.13. The Morgan fingerprint density at radius 3 is 2.78 bits per heavy atom. The van der Waals surface area contributed by atoms with Crippen molar-refractivity contribution in [1.29, 1.82) is 0 Å². The molecule has 2 aromatic heterocycles. The first kappa shape index (κ1) is 16.9. The van der Waals surface area contributed by atoms with E-state index in [2.05, 4.69) is 20.5 Å². The van der Waals surface area contributed by atoms with Gasteiger partial charge in [0.15, 0.2) is 0 Å². The average Bonchev–Trinajstić information content (AvgIpc) is 3.16. The van der Waals surface area contributed by atoms with Crippen LogP contribution in [0.4, 0.5) is 0 Å². The lowest BCUT2D eigenvalue weighted by atomic mass is 10.1. The molecule has 0 saturated heterocycles. The zero-order valence-corrected chi connectivity index (χ0v) is 14.8. The predicted molar refractivity (Wildman–Crippen MR) is 102 cm³/mol. The maximum absolute atomic E-state index is 12.3. The molecule has 0 saturated carbocycles. The van der Waals surface area contributed by atoms with Crippen molar-refractivity contribution in [2.75, 3.05) is 0 Å². The van der Waals surface area contributed by atoms with Crippen molar-refractivity contribution in [3.8, 4) is 11.5 Å². The van der Waals surface area contributed by atoms with Crippen LogP contribution >= 0.6 is 0 Å². The Morgan fingerprint density at radius 1 is 1.07 bits per heavy atom. The van der Waals surface area contributed by atoms with Crippen LogP contribution in [0.3, 0.4) is 0 Å². The zero-order chi connectivity index (χ0) is 18.6. The van der Waals surface area contributed by atoms with Crippen LogP contribution in [0.2, 0.25) is 0 Å². The molecule has 0 unspecified atom stereocenters. The Hall–Kier alpha value is -3.54. The predicted octanol–water partition coefficient (Wildman–Crippen LogP) is 3.70. The number of amides is 1. The minimum Gasteiger partial charge on any atom is -0.420 e. The fourth-order valence-corrected chi connectivity index (χ4v) is 2.91. The number of carbonyl (C=O) groups excluding carboxylic acids is 1. The third kappa shape index (κ3) is 3.84. The molecule has 0 bridgehead atoms. The van der Waals surface area contributed by atoms with Crippen LogP contribution in [-0.2, 0) is 11.2 Å². The first-order valence-electron chi connectivity index (χ1n) is 8.71. The highest BCUT2D eigenvalue weighted by Gasteiger charge is 2.15. The van der Waals surface area contributed by atoms with Gasteiger partial charge in [-0.2, -0.15) is 0 Å². The lowest BCUT2D eigenvalue weighted by Crippen LogP contribution is -2.28. The minimum absolute atomic E-state index is 0.0410. The summed E-state index contributed by atoms with van der Waals surface area (Å²) in [5.41, 5.74) is 2.74.